The molecule has 0 unspecified atom stereocenters. The SMILES string of the molecule is CN(CCCCCCCCCCCCc1ccc(S(=O)(=O)Nc2nncs2)cc1)c1ccc([N+](=O)[O-])c2nonc12. The summed E-state index contributed by atoms with van der Waals surface area (Å²) < 4.78 is 32.0. The maximum absolute atomic E-state index is 12.4. The van der Waals surface area contributed by atoms with Gasteiger partial charge in [-0.25, -0.2) is 13.0 Å². The van der Waals surface area contributed by atoms with Crippen LogP contribution in [0.15, 0.2) is 51.4 Å². The number of benzene rings is 2. The molecule has 0 aliphatic carbocycles. The molecule has 2 heterocycles. The van der Waals surface area contributed by atoms with Crippen LogP contribution < -0.4 is 9.62 Å². The fourth-order valence-corrected chi connectivity index (χ4v) is 6.43. The van der Waals surface area contributed by atoms with Gasteiger partial charge >= 0.3 is 5.69 Å². The molecule has 4 aromatic rings. The number of anilines is 2. The van der Waals surface area contributed by atoms with Crippen LogP contribution in [-0.2, 0) is 16.4 Å². The zero-order chi connectivity index (χ0) is 29.1. The Balaban J connectivity index is 1.02. The Morgan fingerprint density at radius 2 is 1.54 bits per heavy atom. The van der Waals surface area contributed by atoms with Crippen LogP contribution in [0.25, 0.3) is 11.0 Å². The van der Waals surface area contributed by atoms with Crippen molar-refractivity contribution in [3.05, 3.63) is 57.6 Å². The van der Waals surface area contributed by atoms with E-state index in [0.717, 1.165) is 54.8 Å². The number of unbranched alkanes of at least 4 members (excludes halogenated alkanes) is 9. The first kappa shape index (κ1) is 30.3. The molecule has 2 aromatic carbocycles. The number of hydrogen-bond acceptors (Lipinski definition) is 11. The van der Waals surface area contributed by atoms with E-state index in [1.54, 1.807) is 18.2 Å². The van der Waals surface area contributed by atoms with E-state index >= 15 is 0 Å². The molecular weight excluding hydrogens is 566 g/mol. The number of fused-ring (bicyclic) bond motifs is 1. The number of aryl methyl sites for hydroxylation is 1. The fraction of sp³-hybridized carbons (Fsp3) is 0.481. The van der Waals surface area contributed by atoms with Gasteiger partial charge in [0.2, 0.25) is 10.6 Å². The molecule has 0 aliphatic rings. The third kappa shape index (κ3) is 8.67. The molecule has 0 aliphatic heterocycles. The lowest BCUT2D eigenvalue weighted by Crippen LogP contribution is -2.18. The second-order valence-electron chi connectivity index (χ2n) is 10.0. The predicted octanol–water partition coefficient (Wildman–Crippen LogP) is 6.36. The molecule has 0 bridgehead atoms. The summed E-state index contributed by atoms with van der Waals surface area (Å²) in [6.07, 6.45) is 12.7. The van der Waals surface area contributed by atoms with Crippen molar-refractivity contribution < 1.29 is 18.0 Å². The highest BCUT2D eigenvalue weighted by atomic mass is 32.2. The van der Waals surface area contributed by atoms with E-state index in [1.165, 1.54) is 56.5 Å². The molecule has 41 heavy (non-hydrogen) atoms. The third-order valence-electron chi connectivity index (χ3n) is 7.01. The van der Waals surface area contributed by atoms with Crippen LogP contribution >= 0.6 is 11.3 Å². The van der Waals surface area contributed by atoms with E-state index in [-0.39, 0.29) is 21.2 Å². The Bertz CT molecular complexity index is 1490. The van der Waals surface area contributed by atoms with Crippen LogP contribution in [0.3, 0.4) is 0 Å². The van der Waals surface area contributed by atoms with E-state index in [1.807, 2.05) is 24.1 Å². The number of nitro groups is 1. The molecular formula is C27H35N7O5S2. The molecule has 12 nitrogen and oxygen atoms in total. The predicted molar refractivity (Wildman–Crippen MR) is 159 cm³/mol. The van der Waals surface area contributed by atoms with Crippen molar-refractivity contribution in [1.29, 1.82) is 0 Å². The number of aromatic nitrogens is 4. The van der Waals surface area contributed by atoms with Crippen LogP contribution in [0.1, 0.15) is 69.8 Å². The van der Waals surface area contributed by atoms with E-state index in [2.05, 4.69) is 25.2 Å². The summed E-state index contributed by atoms with van der Waals surface area (Å²) in [6.45, 7) is 0.833. The Kier molecular flexibility index (Phi) is 11.0. The maximum Gasteiger partial charge on any atom is 0.300 e. The fourth-order valence-electron chi connectivity index (χ4n) is 4.74. The zero-order valence-electron chi connectivity index (χ0n) is 23.1. The summed E-state index contributed by atoms with van der Waals surface area (Å²) in [7, 11) is -1.69. The topological polar surface area (TPSA) is 157 Å². The Morgan fingerprint density at radius 1 is 0.902 bits per heavy atom. The van der Waals surface area contributed by atoms with Crippen molar-refractivity contribution in [3.8, 4) is 0 Å². The standard InChI is InChI=1S/C27H35N7O5S2/c1-33(23-17-18-24(34(35)36)26-25(23)30-39-31-26)19-11-9-7-5-3-2-4-6-8-10-12-21-13-15-22(16-14-21)41(37,38)32-27-29-28-20-40-27/h13-18,20H,2-12,19H2,1H3,(H,29,32). The molecule has 4 rings (SSSR count). The number of nitrogens with zero attached hydrogens (tertiary/aromatic N) is 6. The van der Waals surface area contributed by atoms with Gasteiger partial charge < -0.3 is 4.90 Å². The summed E-state index contributed by atoms with van der Waals surface area (Å²) >= 11 is 1.14. The number of sulfonamides is 1. The molecule has 0 atom stereocenters. The second-order valence-corrected chi connectivity index (χ2v) is 12.5. The normalized spacial score (nSPS) is 11.6. The van der Waals surface area contributed by atoms with Gasteiger partial charge in [-0.1, -0.05) is 74.8 Å². The summed E-state index contributed by atoms with van der Waals surface area (Å²) in [5, 5.41) is 26.3. The van der Waals surface area contributed by atoms with E-state index in [9.17, 15) is 18.5 Å². The van der Waals surface area contributed by atoms with Crippen molar-refractivity contribution in [3.63, 3.8) is 0 Å². The lowest BCUT2D eigenvalue weighted by atomic mass is 10.0. The van der Waals surface area contributed by atoms with Gasteiger partial charge in [-0.3, -0.25) is 14.8 Å². The number of non-ortho nitro benzene ring substituents is 1. The lowest BCUT2D eigenvalue weighted by Gasteiger charge is -2.19. The summed E-state index contributed by atoms with van der Waals surface area (Å²) in [6, 6.07) is 10.2. The average Bonchev–Trinajstić information content (AvgIpc) is 3.65. The van der Waals surface area contributed by atoms with Gasteiger partial charge in [-0.05, 0) is 53.3 Å². The Hall–Kier alpha value is -3.65. The van der Waals surface area contributed by atoms with Gasteiger partial charge in [0.1, 0.15) is 5.51 Å². The van der Waals surface area contributed by atoms with Gasteiger partial charge in [0, 0.05) is 19.7 Å². The molecule has 0 fully saturated rings. The number of rotatable bonds is 18. The van der Waals surface area contributed by atoms with Crippen molar-refractivity contribution in [2.24, 2.45) is 0 Å². The highest BCUT2D eigenvalue weighted by Crippen LogP contribution is 2.30. The number of nitro benzene ring substituents is 1. The van der Waals surface area contributed by atoms with Gasteiger partial charge in [0.25, 0.3) is 10.0 Å². The molecule has 0 radical (unpaired) electrons. The average molecular weight is 602 g/mol. The quantitative estimate of drug-likeness (QED) is 0.0772. The Morgan fingerprint density at radius 3 is 2.17 bits per heavy atom. The molecule has 14 heteroatoms. The van der Waals surface area contributed by atoms with Crippen molar-refractivity contribution in [2.75, 3.05) is 23.2 Å². The van der Waals surface area contributed by atoms with Gasteiger partial charge in [0.15, 0.2) is 5.52 Å². The summed E-state index contributed by atoms with van der Waals surface area (Å²) in [5.74, 6) is 0. The highest BCUT2D eigenvalue weighted by Gasteiger charge is 2.21. The molecule has 1 N–H and O–H groups in total. The van der Waals surface area contributed by atoms with E-state index < -0.39 is 14.9 Å². The zero-order valence-corrected chi connectivity index (χ0v) is 24.7. The monoisotopic (exact) mass is 601 g/mol. The van der Waals surface area contributed by atoms with Crippen molar-refractivity contribution >= 4 is 48.9 Å². The number of nitrogens with one attached hydrogen (secondary N) is 1. The molecule has 220 valence electrons. The smallest absolute Gasteiger partial charge is 0.300 e. The van der Waals surface area contributed by atoms with Crippen LogP contribution in [-0.4, -0.2) is 47.4 Å². The summed E-state index contributed by atoms with van der Waals surface area (Å²) in [4.78, 5) is 13.0. The van der Waals surface area contributed by atoms with Crippen molar-refractivity contribution in [2.45, 2.75) is 75.5 Å². The van der Waals surface area contributed by atoms with Crippen LogP contribution in [0, 0.1) is 10.1 Å². The largest absolute Gasteiger partial charge is 0.373 e. The lowest BCUT2D eigenvalue weighted by molar-refractivity contribution is -0.383. The van der Waals surface area contributed by atoms with E-state index in [4.69, 9.17) is 4.63 Å². The molecule has 0 spiro atoms. The molecule has 0 saturated carbocycles. The van der Waals surface area contributed by atoms with Gasteiger partial charge in [-0.15, -0.1) is 10.2 Å². The Labute approximate surface area is 243 Å². The first-order chi connectivity index (χ1) is 19.8. The van der Waals surface area contributed by atoms with Crippen LogP contribution in [0.5, 0.6) is 0 Å². The minimum absolute atomic E-state index is 0.0987. The minimum atomic E-state index is -3.64. The minimum Gasteiger partial charge on any atom is -0.373 e. The third-order valence-corrected chi connectivity index (χ3v) is 9.10. The van der Waals surface area contributed by atoms with Gasteiger partial charge in [0.05, 0.1) is 15.5 Å². The van der Waals surface area contributed by atoms with Crippen LogP contribution in [0.4, 0.5) is 16.5 Å². The molecule has 0 saturated heterocycles. The van der Waals surface area contributed by atoms with Crippen LogP contribution in [0.2, 0.25) is 0 Å². The molecule has 0 amide bonds. The van der Waals surface area contributed by atoms with Crippen molar-refractivity contribution in [1.82, 2.24) is 20.5 Å². The van der Waals surface area contributed by atoms with E-state index in [0.29, 0.717) is 5.52 Å². The highest BCUT2D eigenvalue weighted by molar-refractivity contribution is 7.93. The van der Waals surface area contributed by atoms with Gasteiger partial charge in [-0.2, -0.15) is 0 Å². The number of hydrogen-bond donors (Lipinski definition) is 1. The first-order valence-corrected chi connectivity index (χ1v) is 16.2. The molecule has 2 aromatic heterocycles. The second kappa shape index (κ2) is 14.8. The first-order valence-electron chi connectivity index (χ1n) is 13.8. The maximum atomic E-state index is 12.4. The summed E-state index contributed by atoms with van der Waals surface area (Å²) in [5.41, 5.74) is 3.91.